The van der Waals surface area contributed by atoms with Crippen LogP contribution in [0.5, 0.6) is 0 Å². The normalized spacial score (nSPS) is 13.5. The molecular weight excluding hydrogens is 180 g/mol. The lowest BCUT2D eigenvalue weighted by molar-refractivity contribution is 0.519. The molecular formula is C15H26. The molecule has 0 aliphatic carbocycles. The fourth-order valence-corrected chi connectivity index (χ4v) is 1.16. The van der Waals surface area contributed by atoms with Crippen molar-refractivity contribution in [3.8, 4) is 0 Å². The van der Waals surface area contributed by atoms with E-state index in [1.54, 1.807) is 0 Å². The fraction of sp³-hybridized carbons (Fsp3) is 0.600. The van der Waals surface area contributed by atoms with Crippen molar-refractivity contribution < 1.29 is 0 Å². The van der Waals surface area contributed by atoms with Gasteiger partial charge in [-0.2, -0.15) is 0 Å². The van der Waals surface area contributed by atoms with Crippen molar-refractivity contribution in [2.75, 3.05) is 0 Å². The van der Waals surface area contributed by atoms with Gasteiger partial charge in [0.05, 0.1) is 0 Å². The summed E-state index contributed by atoms with van der Waals surface area (Å²) in [7, 11) is 0. The third-order valence-electron chi connectivity index (χ3n) is 2.65. The Hall–Kier alpha value is -0.780. The van der Waals surface area contributed by atoms with E-state index in [-0.39, 0.29) is 5.41 Å². The molecule has 0 saturated carbocycles. The molecule has 0 aliphatic rings. The molecule has 0 nitrogen and oxygen atoms in total. The maximum Gasteiger partial charge on any atom is -0.0138 e. The van der Waals surface area contributed by atoms with E-state index in [1.165, 1.54) is 30.4 Å². The predicted octanol–water partition coefficient (Wildman–Crippen LogP) is 5.28. The second-order valence-electron chi connectivity index (χ2n) is 5.08. The lowest BCUT2D eigenvalue weighted by Gasteiger charge is -2.18. The van der Waals surface area contributed by atoms with Gasteiger partial charge in [0.2, 0.25) is 0 Å². The maximum atomic E-state index is 4.10. The number of hydrogen-bond acceptors (Lipinski definition) is 0. The molecule has 0 saturated heterocycles. The zero-order chi connectivity index (χ0) is 11.9. The molecule has 0 aromatic rings. The van der Waals surface area contributed by atoms with E-state index < -0.39 is 0 Å². The van der Waals surface area contributed by atoms with Crippen LogP contribution in [0.2, 0.25) is 0 Å². The molecule has 0 aromatic heterocycles. The van der Waals surface area contributed by atoms with E-state index in [2.05, 4.69) is 59.4 Å². The summed E-state index contributed by atoms with van der Waals surface area (Å²) >= 11 is 0. The Labute approximate surface area is 95.8 Å². The lowest BCUT2D eigenvalue weighted by Crippen LogP contribution is -2.05. The molecule has 0 heteroatoms. The van der Waals surface area contributed by atoms with Gasteiger partial charge in [0, 0.05) is 0 Å². The maximum absolute atomic E-state index is 4.10. The number of hydrogen-bond donors (Lipinski definition) is 0. The Morgan fingerprint density at radius 1 is 1.20 bits per heavy atom. The molecule has 0 rings (SSSR count). The minimum atomic E-state index is 0.181. The van der Waals surface area contributed by atoms with Crippen LogP contribution in [0.25, 0.3) is 0 Å². The summed E-state index contributed by atoms with van der Waals surface area (Å²) in [5.74, 6) is 0. The van der Waals surface area contributed by atoms with Gasteiger partial charge in [-0.25, -0.2) is 0 Å². The first kappa shape index (κ1) is 14.2. The van der Waals surface area contributed by atoms with E-state index >= 15 is 0 Å². The summed E-state index contributed by atoms with van der Waals surface area (Å²) in [6, 6.07) is 0. The summed E-state index contributed by atoms with van der Waals surface area (Å²) in [5, 5.41) is 0. The van der Waals surface area contributed by atoms with Crippen LogP contribution in [-0.2, 0) is 0 Å². The Morgan fingerprint density at radius 3 is 2.20 bits per heavy atom. The van der Waals surface area contributed by atoms with Gasteiger partial charge < -0.3 is 0 Å². The van der Waals surface area contributed by atoms with Crippen molar-refractivity contribution in [1.29, 1.82) is 0 Å². The topological polar surface area (TPSA) is 0 Å². The second-order valence-corrected chi connectivity index (χ2v) is 5.08. The molecule has 0 aliphatic heterocycles. The molecule has 0 bridgehead atoms. The summed E-state index contributed by atoms with van der Waals surface area (Å²) in [6.07, 6.45) is 10.3. The van der Waals surface area contributed by atoms with Gasteiger partial charge in [0.25, 0.3) is 0 Å². The molecule has 0 radical (unpaired) electrons. The molecule has 15 heavy (non-hydrogen) atoms. The monoisotopic (exact) mass is 206 g/mol. The molecule has 0 fully saturated rings. The van der Waals surface area contributed by atoms with Gasteiger partial charge in [0.1, 0.15) is 0 Å². The van der Waals surface area contributed by atoms with Crippen LogP contribution in [0.4, 0.5) is 0 Å². The predicted molar refractivity (Wildman–Crippen MR) is 71.0 cm³/mol. The SMILES string of the molecule is C=C(/C=C/C(=C\C)CCCC)C(C)(C)C. The van der Waals surface area contributed by atoms with Crippen LogP contribution in [0, 0.1) is 5.41 Å². The summed E-state index contributed by atoms with van der Waals surface area (Å²) < 4.78 is 0. The average Bonchev–Trinajstić information content (AvgIpc) is 2.16. The minimum Gasteiger partial charge on any atom is -0.0953 e. The van der Waals surface area contributed by atoms with Crippen LogP contribution < -0.4 is 0 Å². The summed E-state index contributed by atoms with van der Waals surface area (Å²) in [6.45, 7) is 15.0. The molecule has 0 spiro atoms. The van der Waals surface area contributed by atoms with Crippen LogP contribution in [0.3, 0.4) is 0 Å². The van der Waals surface area contributed by atoms with Crippen molar-refractivity contribution in [2.45, 2.75) is 53.9 Å². The number of rotatable bonds is 5. The first-order valence-electron chi connectivity index (χ1n) is 5.94. The standard InChI is InChI=1S/C15H26/c1-7-9-10-14(8-2)12-11-13(3)15(4,5)6/h8,11-12H,3,7,9-10H2,1-2,4-6H3/b12-11+,14-8-. The quantitative estimate of drug-likeness (QED) is 0.537. The van der Waals surface area contributed by atoms with Crippen molar-refractivity contribution in [2.24, 2.45) is 5.41 Å². The molecule has 0 N–H and O–H groups in total. The molecule has 0 unspecified atom stereocenters. The summed E-state index contributed by atoms with van der Waals surface area (Å²) in [4.78, 5) is 0. The minimum absolute atomic E-state index is 0.181. The Kier molecular flexibility index (Phi) is 6.31. The van der Waals surface area contributed by atoms with Gasteiger partial charge >= 0.3 is 0 Å². The zero-order valence-electron chi connectivity index (χ0n) is 11.1. The fourth-order valence-electron chi connectivity index (χ4n) is 1.16. The van der Waals surface area contributed by atoms with Crippen molar-refractivity contribution >= 4 is 0 Å². The van der Waals surface area contributed by atoms with Gasteiger partial charge in [-0.3, -0.25) is 0 Å². The molecule has 86 valence electrons. The van der Waals surface area contributed by atoms with Crippen LogP contribution in [0.15, 0.2) is 36.0 Å². The highest BCUT2D eigenvalue weighted by Gasteiger charge is 2.11. The first-order valence-corrected chi connectivity index (χ1v) is 5.94. The third-order valence-corrected chi connectivity index (χ3v) is 2.65. The van der Waals surface area contributed by atoms with E-state index in [0.29, 0.717) is 0 Å². The van der Waals surface area contributed by atoms with Gasteiger partial charge in [-0.1, -0.05) is 64.5 Å². The average molecular weight is 206 g/mol. The van der Waals surface area contributed by atoms with Gasteiger partial charge in [-0.15, -0.1) is 0 Å². The van der Waals surface area contributed by atoms with Crippen LogP contribution in [-0.4, -0.2) is 0 Å². The molecule has 0 amide bonds. The molecule has 0 heterocycles. The van der Waals surface area contributed by atoms with Crippen molar-refractivity contribution in [1.82, 2.24) is 0 Å². The highest BCUT2D eigenvalue weighted by atomic mass is 14.2. The van der Waals surface area contributed by atoms with E-state index in [4.69, 9.17) is 0 Å². The highest BCUT2D eigenvalue weighted by molar-refractivity contribution is 5.28. The second kappa shape index (κ2) is 6.66. The van der Waals surface area contributed by atoms with E-state index in [0.717, 1.165) is 0 Å². The molecule has 0 aromatic carbocycles. The van der Waals surface area contributed by atoms with Gasteiger partial charge in [0.15, 0.2) is 0 Å². The highest BCUT2D eigenvalue weighted by Crippen LogP contribution is 2.25. The zero-order valence-corrected chi connectivity index (χ0v) is 11.1. The Balaban J connectivity index is 4.31. The lowest BCUT2D eigenvalue weighted by atomic mass is 9.87. The van der Waals surface area contributed by atoms with Crippen LogP contribution in [0.1, 0.15) is 53.9 Å². The largest absolute Gasteiger partial charge is 0.0953 e. The van der Waals surface area contributed by atoms with Crippen molar-refractivity contribution in [3.63, 3.8) is 0 Å². The van der Waals surface area contributed by atoms with E-state index in [1.807, 2.05) is 0 Å². The van der Waals surface area contributed by atoms with Crippen LogP contribution >= 0.6 is 0 Å². The Morgan fingerprint density at radius 2 is 1.80 bits per heavy atom. The van der Waals surface area contributed by atoms with Gasteiger partial charge in [-0.05, 0) is 30.8 Å². The Bertz CT molecular complexity index is 246. The number of allylic oxidation sites excluding steroid dienone is 5. The first-order chi connectivity index (χ1) is 6.91. The third kappa shape index (κ3) is 6.33. The molecule has 0 atom stereocenters. The van der Waals surface area contributed by atoms with E-state index in [9.17, 15) is 0 Å². The number of unbranched alkanes of at least 4 members (excludes halogenated alkanes) is 1. The van der Waals surface area contributed by atoms with Crippen molar-refractivity contribution in [3.05, 3.63) is 36.0 Å². The smallest absolute Gasteiger partial charge is 0.0138 e. The summed E-state index contributed by atoms with van der Waals surface area (Å²) in [5.41, 5.74) is 2.79.